The molecule has 2 fully saturated rings. The van der Waals surface area contributed by atoms with Gasteiger partial charge in [-0.1, -0.05) is 12.1 Å². The lowest BCUT2D eigenvalue weighted by Gasteiger charge is -2.27. The van der Waals surface area contributed by atoms with Crippen LogP contribution in [-0.4, -0.2) is 36.5 Å². The molecule has 2 unspecified atom stereocenters. The van der Waals surface area contributed by atoms with Crippen LogP contribution in [0.2, 0.25) is 0 Å². The van der Waals surface area contributed by atoms with E-state index in [4.69, 9.17) is 4.74 Å². The lowest BCUT2D eigenvalue weighted by molar-refractivity contribution is -0.141. The van der Waals surface area contributed by atoms with Crippen LogP contribution < -0.4 is 0 Å². The summed E-state index contributed by atoms with van der Waals surface area (Å²) >= 11 is 0. The Morgan fingerprint density at radius 1 is 1.23 bits per heavy atom. The summed E-state index contributed by atoms with van der Waals surface area (Å²) in [7, 11) is 1.37. The van der Waals surface area contributed by atoms with Gasteiger partial charge in [0.05, 0.1) is 7.11 Å². The second-order valence-corrected chi connectivity index (χ2v) is 6.79. The highest BCUT2D eigenvalue weighted by Crippen LogP contribution is 2.45. The van der Waals surface area contributed by atoms with E-state index < -0.39 is 0 Å². The number of rotatable bonds is 3. The first-order chi connectivity index (χ1) is 10.7. The molecule has 0 radical (unpaired) electrons. The van der Waals surface area contributed by atoms with E-state index in [0.717, 1.165) is 24.8 Å². The fraction of sp³-hybridized carbons (Fsp3) is 0.556. The molecule has 2 aliphatic carbocycles. The zero-order valence-electron chi connectivity index (χ0n) is 12.9. The van der Waals surface area contributed by atoms with Crippen molar-refractivity contribution in [1.82, 2.24) is 4.90 Å². The summed E-state index contributed by atoms with van der Waals surface area (Å²) in [6.45, 7) is 0.0660. The van der Waals surface area contributed by atoms with Gasteiger partial charge in [0.1, 0.15) is 6.54 Å². The van der Waals surface area contributed by atoms with E-state index >= 15 is 0 Å². The Bertz CT molecular complexity index is 635. The summed E-state index contributed by atoms with van der Waals surface area (Å²) in [5.41, 5.74) is 3.39. The van der Waals surface area contributed by atoms with Crippen LogP contribution in [0.3, 0.4) is 0 Å². The number of esters is 1. The quantitative estimate of drug-likeness (QED) is 0.806. The summed E-state index contributed by atoms with van der Waals surface area (Å²) in [6.07, 6.45) is 5.62. The highest BCUT2D eigenvalue weighted by Gasteiger charge is 2.40. The molecule has 1 aliphatic heterocycles. The molecule has 2 bridgehead atoms. The highest BCUT2D eigenvalue weighted by atomic mass is 16.5. The van der Waals surface area contributed by atoms with Crippen molar-refractivity contribution >= 4 is 11.9 Å². The maximum atomic E-state index is 12.9. The molecule has 22 heavy (non-hydrogen) atoms. The van der Waals surface area contributed by atoms with E-state index in [1.807, 2.05) is 6.07 Å². The third kappa shape index (κ3) is 2.21. The van der Waals surface area contributed by atoms with E-state index in [-0.39, 0.29) is 24.5 Å². The van der Waals surface area contributed by atoms with Crippen LogP contribution in [0.1, 0.15) is 65.4 Å². The van der Waals surface area contributed by atoms with Gasteiger partial charge < -0.3 is 9.64 Å². The van der Waals surface area contributed by atoms with Gasteiger partial charge in [-0.05, 0) is 61.1 Å². The lowest BCUT2D eigenvalue weighted by atomic mass is 9.90. The number of methoxy groups -OCH3 is 1. The van der Waals surface area contributed by atoms with Gasteiger partial charge in [-0.15, -0.1) is 0 Å². The Kier molecular flexibility index (Phi) is 3.21. The molecule has 0 spiro atoms. The molecule has 2 saturated carbocycles. The van der Waals surface area contributed by atoms with Gasteiger partial charge in [0, 0.05) is 11.6 Å². The molecule has 2 atom stereocenters. The molecule has 1 aromatic carbocycles. The van der Waals surface area contributed by atoms with Gasteiger partial charge in [-0.2, -0.15) is 0 Å². The van der Waals surface area contributed by atoms with Crippen molar-refractivity contribution in [3.05, 3.63) is 34.9 Å². The van der Waals surface area contributed by atoms with Gasteiger partial charge in [0.2, 0.25) is 0 Å². The van der Waals surface area contributed by atoms with Crippen LogP contribution in [0.5, 0.6) is 0 Å². The van der Waals surface area contributed by atoms with Gasteiger partial charge in [-0.25, -0.2) is 0 Å². The van der Waals surface area contributed by atoms with Gasteiger partial charge in [-0.3, -0.25) is 9.59 Å². The summed E-state index contributed by atoms with van der Waals surface area (Å²) in [4.78, 5) is 26.3. The Morgan fingerprint density at radius 2 is 2.00 bits per heavy atom. The van der Waals surface area contributed by atoms with E-state index in [1.54, 1.807) is 4.90 Å². The normalized spacial score (nSPS) is 26.6. The Labute approximate surface area is 130 Å². The van der Waals surface area contributed by atoms with Crippen molar-refractivity contribution in [2.75, 3.05) is 13.7 Å². The third-order valence-corrected chi connectivity index (χ3v) is 5.43. The summed E-state index contributed by atoms with van der Waals surface area (Å²) in [6, 6.07) is 6.52. The average Bonchev–Trinajstić information content (AvgIpc) is 3.29. The topological polar surface area (TPSA) is 46.6 Å². The molecule has 0 aromatic heterocycles. The zero-order chi connectivity index (χ0) is 15.3. The van der Waals surface area contributed by atoms with Crippen molar-refractivity contribution in [3.8, 4) is 0 Å². The molecular weight excluding hydrogens is 278 g/mol. The minimum absolute atomic E-state index is 0.00468. The Morgan fingerprint density at radius 3 is 2.73 bits per heavy atom. The number of fused-ring (bicyclic) bond motifs is 4. The van der Waals surface area contributed by atoms with Crippen molar-refractivity contribution < 1.29 is 14.3 Å². The monoisotopic (exact) mass is 299 g/mol. The summed E-state index contributed by atoms with van der Waals surface area (Å²) in [5.74, 6) is 0.821. The second kappa shape index (κ2) is 5.11. The molecule has 116 valence electrons. The molecule has 4 heteroatoms. The molecule has 1 amide bonds. The van der Waals surface area contributed by atoms with Crippen molar-refractivity contribution in [1.29, 1.82) is 0 Å². The van der Waals surface area contributed by atoms with Crippen molar-refractivity contribution in [2.24, 2.45) is 0 Å². The van der Waals surface area contributed by atoms with Crippen LogP contribution in [0, 0.1) is 0 Å². The number of hydrogen-bond donors (Lipinski definition) is 0. The third-order valence-electron chi connectivity index (χ3n) is 5.43. The SMILES string of the molecule is COC(=O)CN1C(=O)c2ccc(C3CC3)cc2C2CCC1C2. The summed E-state index contributed by atoms with van der Waals surface area (Å²) < 4.78 is 4.76. The fourth-order valence-corrected chi connectivity index (χ4v) is 4.03. The van der Waals surface area contributed by atoms with Gasteiger partial charge in [0.15, 0.2) is 0 Å². The van der Waals surface area contributed by atoms with Gasteiger partial charge in [0.25, 0.3) is 5.91 Å². The molecule has 0 N–H and O–H groups in total. The lowest BCUT2D eigenvalue weighted by Crippen LogP contribution is -2.42. The molecular formula is C18H21NO3. The summed E-state index contributed by atoms with van der Waals surface area (Å²) in [5, 5.41) is 0. The fourth-order valence-electron chi connectivity index (χ4n) is 4.03. The Balaban J connectivity index is 1.72. The first-order valence-corrected chi connectivity index (χ1v) is 8.19. The van der Waals surface area contributed by atoms with E-state index in [0.29, 0.717) is 11.8 Å². The number of nitrogens with zero attached hydrogens (tertiary/aromatic N) is 1. The first kappa shape index (κ1) is 13.8. The maximum Gasteiger partial charge on any atom is 0.325 e. The molecule has 4 nitrogen and oxygen atoms in total. The second-order valence-electron chi connectivity index (χ2n) is 6.79. The molecule has 1 heterocycles. The number of carbonyl (C=O) groups excluding carboxylic acids is 2. The molecule has 4 rings (SSSR count). The average molecular weight is 299 g/mol. The first-order valence-electron chi connectivity index (χ1n) is 8.19. The number of hydrogen-bond acceptors (Lipinski definition) is 3. The van der Waals surface area contributed by atoms with Crippen LogP contribution in [0.15, 0.2) is 18.2 Å². The molecule has 1 aromatic rings. The van der Waals surface area contributed by atoms with Crippen LogP contribution in [0.25, 0.3) is 0 Å². The smallest absolute Gasteiger partial charge is 0.325 e. The number of carbonyl (C=O) groups is 2. The molecule has 0 saturated heterocycles. The van der Waals surface area contributed by atoms with Crippen molar-refractivity contribution in [3.63, 3.8) is 0 Å². The maximum absolute atomic E-state index is 12.9. The largest absolute Gasteiger partial charge is 0.468 e. The number of amides is 1. The predicted octanol–water partition coefficient (Wildman–Crippen LogP) is 2.83. The predicted molar refractivity (Wildman–Crippen MR) is 81.8 cm³/mol. The Hall–Kier alpha value is -1.84. The van der Waals surface area contributed by atoms with E-state index in [9.17, 15) is 9.59 Å². The molecule has 3 aliphatic rings. The van der Waals surface area contributed by atoms with E-state index in [2.05, 4.69) is 12.1 Å². The minimum Gasteiger partial charge on any atom is -0.468 e. The number of ether oxygens (including phenoxy) is 1. The van der Waals surface area contributed by atoms with E-state index in [1.165, 1.54) is 31.1 Å². The van der Waals surface area contributed by atoms with Gasteiger partial charge >= 0.3 is 5.97 Å². The highest BCUT2D eigenvalue weighted by molar-refractivity contribution is 5.98. The van der Waals surface area contributed by atoms with Crippen molar-refractivity contribution in [2.45, 2.75) is 50.0 Å². The standard InChI is InChI=1S/C18H21NO3/c1-22-17(20)10-19-14-6-4-13(8-14)16-9-12(11-2-3-11)5-7-15(16)18(19)21/h5,7,9,11,13-14H,2-4,6,8,10H2,1H3. The van der Waals surface area contributed by atoms with Crippen LogP contribution >= 0.6 is 0 Å². The minimum atomic E-state index is -0.338. The zero-order valence-corrected chi connectivity index (χ0v) is 12.9. The number of benzene rings is 1. The van der Waals surface area contributed by atoms with Crippen LogP contribution in [-0.2, 0) is 9.53 Å². The van der Waals surface area contributed by atoms with Crippen LogP contribution in [0.4, 0.5) is 0 Å².